The number of amides is 1. The number of ether oxygens (including phenoxy) is 2. The lowest BCUT2D eigenvalue weighted by Gasteiger charge is -2.23. The number of aromatic nitrogens is 3. The monoisotopic (exact) mass is 330 g/mol. The molecule has 0 aromatic carbocycles. The van der Waals surface area contributed by atoms with E-state index in [1.54, 1.807) is 12.4 Å². The van der Waals surface area contributed by atoms with Crippen LogP contribution in [0.15, 0.2) is 36.7 Å². The number of hydrogen-bond acceptors (Lipinski definition) is 5. The Labute approximate surface area is 141 Å². The van der Waals surface area contributed by atoms with Crippen molar-refractivity contribution < 1.29 is 14.3 Å². The molecule has 3 rings (SSSR count). The highest BCUT2D eigenvalue weighted by Crippen LogP contribution is 2.17. The van der Waals surface area contributed by atoms with Crippen molar-refractivity contribution in [2.75, 3.05) is 26.9 Å². The van der Waals surface area contributed by atoms with Crippen LogP contribution in [0.5, 0.6) is 0 Å². The van der Waals surface area contributed by atoms with Gasteiger partial charge in [0.1, 0.15) is 6.61 Å². The van der Waals surface area contributed by atoms with Crippen molar-refractivity contribution in [3.63, 3.8) is 0 Å². The summed E-state index contributed by atoms with van der Waals surface area (Å²) in [6, 6.07) is 7.71. The number of carbonyl (C=O) groups excluding carboxylic acids is 1. The van der Waals surface area contributed by atoms with Gasteiger partial charge in [-0.05, 0) is 18.2 Å². The first-order valence-corrected chi connectivity index (χ1v) is 8.01. The van der Waals surface area contributed by atoms with Crippen LogP contribution in [0.4, 0.5) is 0 Å². The summed E-state index contributed by atoms with van der Waals surface area (Å²) in [4.78, 5) is 18.3. The molecule has 24 heavy (non-hydrogen) atoms. The van der Waals surface area contributed by atoms with Crippen molar-refractivity contribution >= 4 is 5.91 Å². The van der Waals surface area contributed by atoms with E-state index in [-0.39, 0.29) is 18.4 Å². The third-order valence-corrected chi connectivity index (χ3v) is 4.02. The normalized spacial score (nSPS) is 17.4. The number of fused-ring (bicyclic) bond motifs is 1. The van der Waals surface area contributed by atoms with Crippen molar-refractivity contribution in [2.24, 2.45) is 5.92 Å². The van der Waals surface area contributed by atoms with Gasteiger partial charge < -0.3 is 14.4 Å². The van der Waals surface area contributed by atoms with Crippen LogP contribution in [-0.4, -0.2) is 52.4 Å². The largest absolute Gasteiger partial charge is 0.375 e. The topological polar surface area (TPSA) is 69.5 Å². The summed E-state index contributed by atoms with van der Waals surface area (Å²) in [5, 5.41) is 4.35. The minimum absolute atomic E-state index is 0.0122. The van der Waals surface area contributed by atoms with Gasteiger partial charge in [-0.1, -0.05) is 6.07 Å². The van der Waals surface area contributed by atoms with Gasteiger partial charge in [0.25, 0.3) is 0 Å². The van der Waals surface area contributed by atoms with Gasteiger partial charge in [0.2, 0.25) is 5.91 Å². The van der Waals surface area contributed by atoms with Crippen molar-refractivity contribution in [1.82, 2.24) is 19.7 Å². The van der Waals surface area contributed by atoms with Crippen LogP contribution in [0.3, 0.4) is 0 Å². The molecular formula is C17H22N4O3. The molecule has 1 atom stereocenters. The Hall–Kier alpha value is -2.25. The fourth-order valence-corrected chi connectivity index (χ4v) is 2.86. The third kappa shape index (κ3) is 4.18. The maximum Gasteiger partial charge on any atom is 0.248 e. The van der Waals surface area contributed by atoms with Crippen LogP contribution in [0.2, 0.25) is 0 Å². The van der Waals surface area contributed by atoms with Gasteiger partial charge in [-0.3, -0.25) is 14.5 Å². The van der Waals surface area contributed by atoms with Crippen molar-refractivity contribution in [3.8, 4) is 0 Å². The lowest BCUT2D eigenvalue weighted by Crippen LogP contribution is -2.37. The van der Waals surface area contributed by atoms with E-state index in [2.05, 4.69) is 10.1 Å². The van der Waals surface area contributed by atoms with Gasteiger partial charge >= 0.3 is 0 Å². The summed E-state index contributed by atoms with van der Waals surface area (Å²) in [6.07, 6.45) is 3.52. The van der Waals surface area contributed by atoms with E-state index in [4.69, 9.17) is 9.47 Å². The van der Waals surface area contributed by atoms with Crippen LogP contribution in [-0.2, 0) is 34.0 Å². The van der Waals surface area contributed by atoms with Crippen molar-refractivity contribution in [1.29, 1.82) is 0 Å². The van der Waals surface area contributed by atoms with E-state index in [1.807, 2.05) is 33.8 Å². The van der Waals surface area contributed by atoms with Gasteiger partial charge in [0.05, 0.1) is 31.1 Å². The van der Waals surface area contributed by atoms with E-state index in [0.29, 0.717) is 26.3 Å². The maximum absolute atomic E-state index is 12.2. The zero-order chi connectivity index (χ0) is 16.8. The molecule has 0 fully saturated rings. The number of nitrogens with zero attached hydrogens (tertiary/aromatic N) is 4. The highest BCUT2D eigenvalue weighted by atomic mass is 16.5. The number of pyridine rings is 1. The zero-order valence-corrected chi connectivity index (χ0v) is 13.8. The molecular weight excluding hydrogens is 308 g/mol. The van der Waals surface area contributed by atoms with Crippen LogP contribution in [0.1, 0.15) is 11.4 Å². The average Bonchev–Trinajstić information content (AvgIpc) is 2.94. The Morgan fingerprint density at radius 3 is 3.00 bits per heavy atom. The van der Waals surface area contributed by atoms with E-state index < -0.39 is 0 Å². The smallest absolute Gasteiger partial charge is 0.248 e. The summed E-state index contributed by atoms with van der Waals surface area (Å²) in [6.45, 7) is 3.03. The van der Waals surface area contributed by atoms with Crippen molar-refractivity contribution in [2.45, 2.75) is 19.7 Å². The molecule has 0 N–H and O–H groups in total. The minimum atomic E-state index is -0.0122. The van der Waals surface area contributed by atoms with Crippen molar-refractivity contribution in [3.05, 3.63) is 48.0 Å². The second-order valence-electron chi connectivity index (χ2n) is 5.91. The molecule has 128 valence electrons. The van der Waals surface area contributed by atoms with Gasteiger partial charge in [0, 0.05) is 38.5 Å². The third-order valence-electron chi connectivity index (χ3n) is 4.02. The molecule has 0 bridgehead atoms. The molecule has 1 amide bonds. The van der Waals surface area contributed by atoms with E-state index in [0.717, 1.165) is 17.9 Å². The Balaban J connectivity index is 1.62. The highest BCUT2D eigenvalue weighted by Gasteiger charge is 2.25. The average molecular weight is 330 g/mol. The molecule has 7 heteroatoms. The van der Waals surface area contributed by atoms with E-state index in [1.165, 1.54) is 7.11 Å². The Kier molecular flexibility index (Phi) is 5.55. The number of methoxy groups -OCH3 is 1. The molecule has 0 saturated heterocycles. The molecule has 2 aromatic heterocycles. The fourth-order valence-electron chi connectivity index (χ4n) is 2.86. The van der Waals surface area contributed by atoms with Gasteiger partial charge in [0.15, 0.2) is 0 Å². The van der Waals surface area contributed by atoms with Gasteiger partial charge in [-0.25, -0.2) is 0 Å². The maximum atomic E-state index is 12.2. The van der Waals surface area contributed by atoms with Crippen LogP contribution < -0.4 is 0 Å². The van der Waals surface area contributed by atoms with E-state index >= 15 is 0 Å². The molecule has 3 heterocycles. The lowest BCUT2D eigenvalue weighted by molar-refractivity contribution is -0.136. The number of carbonyl (C=O) groups is 1. The summed E-state index contributed by atoms with van der Waals surface area (Å²) in [5.74, 6) is 0.164. The Morgan fingerprint density at radius 1 is 1.29 bits per heavy atom. The Morgan fingerprint density at radius 2 is 2.21 bits per heavy atom. The predicted octanol–water partition coefficient (Wildman–Crippen LogP) is 1.10. The first kappa shape index (κ1) is 16.6. The second kappa shape index (κ2) is 8.03. The second-order valence-corrected chi connectivity index (χ2v) is 5.91. The first-order chi connectivity index (χ1) is 11.8. The highest BCUT2D eigenvalue weighted by molar-refractivity contribution is 5.77. The molecule has 7 nitrogen and oxygen atoms in total. The lowest BCUT2D eigenvalue weighted by atomic mass is 10.1. The minimum Gasteiger partial charge on any atom is -0.375 e. The first-order valence-electron chi connectivity index (χ1n) is 8.01. The summed E-state index contributed by atoms with van der Waals surface area (Å²) < 4.78 is 12.8. The molecule has 1 aliphatic heterocycles. The molecule has 1 aliphatic rings. The molecule has 0 radical (unpaired) electrons. The Bertz CT molecular complexity index is 659. The number of rotatable bonds is 6. The summed E-state index contributed by atoms with van der Waals surface area (Å²) in [5.41, 5.74) is 1.94. The quantitative estimate of drug-likeness (QED) is 0.793. The fraction of sp³-hybridized carbons (Fsp3) is 0.471. The molecule has 0 aliphatic carbocycles. The SMILES string of the molecule is COCC(=O)N1Cc2ccnn2CC(COCc2ccccn2)C1. The molecule has 0 saturated carbocycles. The standard InChI is InChI=1S/C17H22N4O3/c1-23-13-17(22)20-8-14(9-21-16(10-20)5-7-19-21)11-24-12-15-4-2-3-6-18-15/h2-7,14H,8-13H2,1H3. The molecule has 2 aromatic rings. The zero-order valence-electron chi connectivity index (χ0n) is 13.8. The number of hydrogen-bond donors (Lipinski definition) is 0. The van der Waals surface area contributed by atoms with E-state index in [9.17, 15) is 4.79 Å². The molecule has 1 unspecified atom stereocenters. The van der Waals surface area contributed by atoms with Crippen LogP contribution in [0, 0.1) is 5.92 Å². The van der Waals surface area contributed by atoms with Crippen LogP contribution in [0.25, 0.3) is 0 Å². The van der Waals surface area contributed by atoms with Gasteiger partial charge in [-0.15, -0.1) is 0 Å². The van der Waals surface area contributed by atoms with Crippen LogP contribution >= 0.6 is 0 Å². The van der Waals surface area contributed by atoms with Gasteiger partial charge in [-0.2, -0.15) is 5.10 Å². The predicted molar refractivity (Wildman–Crippen MR) is 86.9 cm³/mol. The molecule has 0 spiro atoms. The summed E-state index contributed by atoms with van der Waals surface area (Å²) >= 11 is 0. The summed E-state index contributed by atoms with van der Waals surface area (Å²) in [7, 11) is 1.54.